The highest BCUT2D eigenvalue weighted by Crippen LogP contribution is 2.30. The molecule has 5 heteroatoms. The second-order valence-electron chi connectivity index (χ2n) is 5.16. The highest BCUT2D eigenvalue weighted by molar-refractivity contribution is 7.22. The molecule has 118 valence electrons. The van der Waals surface area contributed by atoms with Gasteiger partial charge in [-0.1, -0.05) is 29.5 Å². The van der Waals surface area contributed by atoms with Gasteiger partial charge in [-0.3, -0.25) is 10.1 Å². The molecule has 4 nitrogen and oxygen atoms in total. The SMILES string of the molecule is CCN(CC)c1ccc2nc(NC(=O)c3ccccc3)sc2c1. The number of amides is 1. The fourth-order valence-corrected chi connectivity index (χ4v) is 3.40. The van der Waals surface area contributed by atoms with Gasteiger partial charge < -0.3 is 4.90 Å². The third kappa shape index (κ3) is 3.35. The first kappa shape index (κ1) is 15.5. The van der Waals surface area contributed by atoms with Crippen molar-refractivity contribution in [3.63, 3.8) is 0 Å². The predicted molar refractivity (Wildman–Crippen MR) is 97.6 cm³/mol. The number of hydrogen-bond donors (Lipinski definition) is 1. The zero-order chi connectivity index (χ0) is 16.2. The van der Waals surface area contributed by atoms with Crippen LogP contribution in [0.3, 0.4) is 0 Å². The molecule has 1 amide bonds. The molecule has 1 aromatic heterocycles. The number of carbonyl (C=O) groups excluding carboxylic acids is 1. The zero-order valence-corrected chi connectivity index (χ0v) is 14.1. The fraction of sp³-hybridized carbons (Fsp3) is 0.222. The van der Waals surface area contributed by atoms with Gasteiger partial charge in [0.1, 0.15) is 0 Å². The van der Waals surface area contributed by atoms with E-state index in [1.54, 1.807) is 12.1 Å². The van der Waals surface area contributed by atoms with Gasteiger partial charge in [0.15, 0.2) is 5.13 Å². The van der Waals surface area contributed by atoms with Crippen molar-refractivity contribution in [2.45, 2.75) is 13.8 Å². The van der Waals surface area contributed by atoms with Crippen molar-refractivity contribution >= 4 is 38.3 Å². The van der Waals surface area contributed by atoms with Crippen LogP contribution in [0.2, 0.25) is 0 Å². The summed E-state index contributed by atoms with van der Waals surface area (Å²) in [4.78, 5) is 19.0. The second kappa shape index (κ2) is 6.79. The normalized spacial score (nSPS) is 10.7. The number of carbonyl (C=O) groups is 1. The summed E-state index contributed by atoms with van der Waals surface area (Å²) in [5.41, 5.74) is 2.73. The third-order valence-electron chi connectivity index (χ3n) is 3.76. The van der Waals surface area contributed by atoms with Gasteiger partial charge in [-0.15, -0.1) is 0 Å². The Balaban J connectivity index is 1.84. The summed E-state index contributed by atoms with van der Waals surface area (Å²) in [5.74, 6) is -0.131. The zero-order valence-electron chi connectivity index (χ0n) is 13.2. The van der Waals surface area contributed by atoms with Crippen molar-refractivity contribution < 1.29 is 4.79 Å². The number of fused-ring (bicyclic) bond motifs is 1. The minimum Gasteiger partial charge on any atom is -0.372 e. The summed E-state index contributed by atoms with van der Waals surface area (Å²) in [6.45, 7) is 6.23. The Labute approximate surface area is 139 Å². The number of hydrogen-bond acceptors (Lipinski definition) is 4. The topological polar surface area (TPSA) is 45.2 Å². The highest BCUT2D eigenvalue weighted by atomic mass is 32.1. The van der Waals surface area contributed by atoms with Gasteiger partial charge in [0, 0.05) is 24.3 Å². The number of anilines is 2. The quantitative estimate of drug-likeness (QED) is 0.756. The minimum absolute atomic E-state index is 0.131. The minimum atomic E-state index is -0.131. The van der Waals surface area contributed by atoms with E-state index < -0.39 is 0 Å². The third-order valence-corrected chi connectivity index (χ3v) is 4.69. The van der Waals surface area contributed by atoms with Gasteiger partial charge >= 0.3 is 0 Å². The van der Waals surface area contributed by atoms with Gasteiger partial charge in [-0.2, -0.15) is 0 Å². The van der Waals surface area contributed by atoms with Crippen LogP contribution in [0.15, 0.2) is 48.5 Å². The molecule has 0 saturated heterocycles. The molecule has 0 aliphatic heterocycles. The van der Waals surface area contributed by atoms with Crippen molar-refractivity contribution in [2.75, 3.05) is 23.3 Å². The van der Waals surface area contributed by atoms with E-state index in [2.05, 4.69) is 41.2 Å². The number of nitrogens with one attached hydrogen (secondary N) is 1. The fourth-order valence-electron chi connectivity index (χ4n) is 2.51. The average molecular weight is 325 g/mol. The molecule has 0 unspecified atom stereocenters. The molecule has 0 aliphatic carbocycles. The summed E-state index contributed by atoms with van der Waals surface area (Å²) in [7, 11) is 0. The van der Waals surface area contributed by atoms with Gasteiger partial charge in [0.25, 0.3) is 5.91 Å². The van der Waals surface area contributed by atoms with E-state index >= 15 is 0 Å². The van der Waals surface area contributed by atoms with Gasteiger partial charge in [0.2, 0.25) is 0 Å². The molecule has 0 atom stereocenters. The molecule has 0 spiro atoms. The molecule has 0 saturated carbocycles. The smallest absolute Gasteiger partial charge is 0.257 e. The van der Waals surface area contributed by atoms with Crippen LogP contribution in [0.25, 0.3) is 10.2 Å². The van der Waals surface area contributed by atoms with Crippen LogP contribution >= 0.6 is 11.3 Å². The van der Waals surface area contributed by atoms with Crippen molar-refractivity contribution in [1.29, 1.82) is 0 Å². The summed E-state index contributed by atoms with van der Waals surface area (Å²) >= 11 is 1.50. The lowest BCUT2D eigenvalue weighted by Gasteiger charge is -2.20. The van der Waals surface area contributed by atoms with E-state index in [9.17, 15) is 4.79 Å². The van der Waals surface area contributed by atoms with Crippen LogP contribution in [0.1, 0.15) is 24.2 Å². The van der Waals surface area contributed by atoms with Crippen molar-refractivity contribution in [2.24, 2.45) is 0 Å². The molecule has 0 radical (unpaired) electrons. The standard InChI is InChI=1S/C18H19N3OS/c1-3-21(4-2)14-10-11-15-16(12-14)23-18(19-15)20-17(22)13-8-6-5-7-9-13/h5-12H,3-4H2,1-2H3,(H,19,20,22). The number of nitrogens with zero attached hydrogens (tertiary/aromatic N) is 2. The second-order valence-corrected chi connectivity index (χ2v) is 6.19. The number of rotatable bonds is 5. The monoisotopic (exact) mass is 325 g/mol. The highest BCUT2D eigenvalue weighted by Gasteiger charge is 2.11. The predicted octanol–water partition coefficient (Wildman–Crippen LogP) is 4.39. The molecular weight excluding hydrogens is 306 g/mol. The van der Waals surface area contributed by atoms with Crippen molar-refractivity contribution in [3.8, 4) is 0 Å². The molecule has 3 aromatic rings. The van der Waals surface area contributed by atoms with Crippen LogP contribution in [-0.2, 0) is 0 Å². The van der Waals surface area contributed by atoms with Gasteiger partial charge in [0.05, 0.1) is 10.2 Å². The van der Waals surface area contributed by atoms with Crippen LogP contribution in [0, 0.1) is 0 Å². The Bertz CT molecular complexity index is 810. The Kier molecular flexibility index (Phi) is 4.57. The summed E-state index contributed by atoms with van der Waals surface area (Å²) in [6, 6.07) is 15.4. The number of benzene rings is 2. The molecule has 0 aliphatic rings. The molecule has 1 N–H and O–H groups in total. The Morgan fingerprint density at radius 1 is 1.13 bits per heavy atom. The maximum absolute atomic E-state index is 12.2. The summed E-state index contributed by atoms with van der Waals surface area (Å²) in [5, 5.41) is 3.51. The van der Waals surface area contributed by atoms with E-state index in [0.29, 0.717) is 10.7 Å². The van der Waals surface area contributed by atoms with Crippen molar-refractivity contribution in [1.82, 2.24) is 4.98 Å². The van der Waals surface area contributed by atoms with E-state index in [0.717, 1.165) is 23.3 Å². The summed E-state index contributed by atoms with van der Waals surface area (Å²) in [6.07, 6.45) is 0. The number of thiazole rings is 1. The summed E-state index contributed by atoms with van der Waals surface area (Å²) < 4.78 is 1.08. The van der Waals surface area contributed by atoms with Crippen molar-refractivity contribution in [3.05, 3.63) is 54.1 Å². The maximum Gasteiger partial charge on any atom is 0.257 e. The first-order chi connectivity index (χ1) is 11.2. The van der Waals surface area contributed by atoms with E-state index in [4.69, 9.17) is 0 Å². The first-order valence-electron chi connectivity index (χ1n) is 7.73. The van der Waals surface area contributed by atoms with E-state index in [1.165, 1.54) is 17.0 Å². The largest absolute Gasteiger partial charge is 0.372 e. The lowest BCUT2D eigenvalue weighted by molar-refractivity contribution is 0.102. The Hall–Kier alpha value is -2.40. The van der Waals surface area contributed by atoms with Crippen LogP contribution in [0.4, 0.5) is 10.8 Å². The molecule has 0 bridgehead atoms. The Morgan fingerprint density at radius 3 is 2.57 bits per heavy atom. The number of aromatic nitrogens is 1. The van der Waals surface area contributed by atoms with Gasteiger partial charge in [-0.05, 0) is 44.2 Å². The molecule has 1 heterocycles. The lowest BCUT2D eigenvalue weighted by Crippen LogP contribution is -2.21. The van der Waals surface area contributed by atoms with Crippen LogP contribution in [0.5, 0.6) is 0 Å². The maximum atomic E-state index is 12.2. The molecular formula is C18H19N3OS. The van der Waals surface area contributed by atoms with E-state index in [-0.39, 0.29) is 5.91 Å². The van der Waals surface area contributed by atoms with Gasteiger partial charge in [-0.25, -0.2) is 4.98 Å². The molecule has 2 aromatic carbocycles. The van der Waals surface area contributed by atoms with Crippen LogP contribution < -0.4 is 10.2 Å². The van der Waals surface area contributed by atoms with Crippen LogP contribution in [-0.4, -0.2) is 24.0 Å². The lowest BCUT2D eigenvalue weighted by atomic mass is 10.2. The van der Waals surface area contributed by atoms with E-state index in [1.807, 2.05) is 24.3 Å². The average Bonchev–Trinajstić information content (AvgIpc) is 2.98. The first-order valence-corrected chi connectivity index (χ1v) is 8.55. The molecule has 0 fully saturated rings. The Morgan fingerprint density at radius 2 is 1.87 bits per heavy atom. The molecule has 23 heavy (non-hydrogen) atoms. The molecule has 3 rings (SSSR count).